The third-order valence-electron chi connectivity index (χ3n) is 4.65. The van der Waals surface area contributed by atoms with Gasteiger partial charge in [-0.05, 0) is 12.8 Å². The van der Waals surface area contributed by atoms with Crippen LogP contribution in [0.1, 0.15) is 29.1 Å². The van der Waals surface area contributed by atoms with E-state index < -0.39 is 5.91 Å². The van der Waals surface area contributed by atoms with Crippen molar-refractivity contribution >= 4 is 11.8 Å². The topological polar surface area (TPSA) is 134 Å². The first-order valence-electron chi connectivity index (χ1n) is 7.17. The van der Waals surface area contributed by atoms with Crippen LogP contribution in [0.4, 0.5) is 0 Å². The maximum Gasteiger partial charge on any atom is 0.270 e. The Hall–Kier alpha value is -2.40. The van der Waals surface area contributed by atoms with Gasteiger partial charge in [-0.25, -0.2) is 0 Å². The summed E-state index contributed by atoms with van der Waals surface area (Å²) in [5.74, 6) is -0.434. The molecule has 1 aliphatic carbocycles. The SMILES string of the molecule is N#CC1CNCC12CC(C(=O)NCc1cc(C(N)=O)no1)C2. The number of carbonyl (C=O) groups is 2. The van der Waals surface area contributed by atoms with Crippen LogP contribution in [0.15, 0.2) is 10.6 Å². The number of nitrogens with zero attached hydrogens (tertiary/aromatic N) is 2. The van der Waals surface area contributed by atoms with Gasteiger partial charge in [-0.15, -0.1) is 0 Å². The van der Waals surface area contributed by atoms with Crippen molar-refractivity contribution in [1.82, 2.24) is 15.8 Å². The van der Waals surface area contributed by atoms with Gasteiger partial charge in [-0.1, -0.05) is 5.16 Å². The Morgan fingerprint density at radius 3 is 3.00 bits per heavy atom. The number of primary amides is 1. The van der Waals surface area contributed by atoms with Crippen LogP contribution in [0, 0.1) is 28.6 Å². The lowest BCUT2D eigenvalue weighted by Crippen LogP contribution is -2.49. The van der Waals surface area contributed by atoms with Crippen LogP contribution in [0.2, 0.25) is 0 Å². The predicted molar refractivity (Wildman–Crippen MR) is 74.0 cm³/mol. The molecule has 2 fully saturated rings. The largest absolute Gasteiger partial charge is 0.364 e. The van der Waals surface area contributed by atoms with E-state index in [1.165, 1.54) is 6.07 Å². The van der Waals surface area contributed by atoms with E-state index in [4.69, 9.17) is 15.5 Å². The molecule has 2 amide bonds. The number of rotatable bonds is 4. The van der Waals surface area contributed by atoms with Crippen molar-refractivity contribution in [3.8, 4) is 6.07 Å². The Kier molecular flexibility index (Phi) is 3.58. The minimum Gasteiger partial charge on any atom is -0.364 e. The minimum atomic E-state index is -0.668. The molecule has 1 saturated heterocycles. The molecule has 1 unspecified atom stereocenters. The average molecular weight is 303 g/mol. The van der Waals surface area contributed by atoms with E-state index >= 15 is 0 Å². The number of hydrogen-bond donors (Lipinski definition) is 3. The van der Waals surface area contributed by atoms with Crippen LogP contribution in [0.5, 0.6) is 0 Å². The van der Waals surface area contributed by atoms with Crippen molar-refractivity contribution in [1.29, 1.82) is 5.26 Å². The fraction of sp³-hybridized carbons (Fsp3) is 0.571. The molecule has 1 aliphatic heterocycles. The van der Waals surface area contributed by atoms with E-state index in [9.17, 15) is 9.59 Å². The molecule has 1 saturated carbocycles. The van der Waals surface area contributed by atoms with Crippen LogP contribution >= 0.6 is 0 Å². The molecule has 8 nitrogen and oxygen atoms in total. The van der Waals surface area contributed by atoms with Crippen LogP contribution in [0.25, 0.3) is 0 Å². The highest BCUT2D eigenvalue weighted by Crippen LogP contribution is 2.52. The Labute approximate surface area is 127 Å². The Balaban J connectivity index is 1.50. The van der Waals surface area contributed by atoms with E-state index in [-0.39, 0.29) is 35.4 Å². The predicted octanol–water partition coefficient (Wildman–Crippen LogP) is -0.471. The van der Waals surface area contributed by atoms with Crippen LogP contribution < -0.4 is 16.4 Å². The first kappa shape index (κ1) is 14.5. The molecule has 0 radical (unpaired) electrons. The monoisotopic (exact) mass is 303 g/mol. The number of amides is 2. The molecule has 0 bridgehead atoms. The maximum absolute atomic E-state index is 12.1. The summed E-state index contributed by atoms with van der Waals surface area (Å²) >= 11 is 0. The van der Waals surface area contributed by atoms with Gasteiger partial charge in [0.2, 0.25) is 5.91 Å². The molecule has 1 spiro atoms. The van der Waals surface area contributed by atoms with Gasteiger partial charge in [0.05, 0.1) is 18.5 Å². The second-order valence-electron chi connectivity index (χ2n) is 6.04. The normalized spacial score (nSPS) is 29.8. The van der Waals surface area contributed by atoms with Crippen molar-refractivity contribution in [2.45, 2.75) is 19.4 Å². The van der Waals surface area contributed by atoms with Crippen molar-refractivity contribution in [2.75, 3.05) is 13.1 Å². The number of aromatic nitrogens is 1. The van der Waals surface area contributed by atoms with Crippen molar-refractivity contribution in [3.63, 3.8) is 0 Å². The van der Waals surface area contributed by atoms with E-state index in [1.54, 1.807) is 0 Å². The highest BCUT2D eigenvalue weighted by Gasteiger charge is 2.54. The Morgan fingerprint density at radius 1 is 1.59 bits per heavy atom. The molecular weight excluding hydrogens is 286 g/mol. The molecule has 2 heterocycles. The highest BCUT2D eigenvalue weighted by atomic mass is 16.5. The van der Waals surface area contributed by atoms with Gasteiger partial charge < -0.3 is 20.9 Å². The molecule has 3 rings (SSSR count). The summed E-state index contributed by atoms with van der Waals surface area (Å²) in [6.45, 7) is 1.68. The summed E-state index contributed by atoms with van der Waals surface area (Å²) in [6, 6.07) is 3.74. The highest BCUT2D eigenvalue weighted by molar-refractivity contribution is 5.90. The standard InChI is InChI=1S/C14H17N5O3/c15-4-9-5-17-7-14(9)2-8(3-14)13(21)18-6-10-1-11(12(16)20)19-22-10/h1,8-9,17H,2-3,5-7H2,(H2,16,20)(H,18,21). The molecule has 2 aliphatic rings. The van der Waals surface area contributed by atoms with Crippen LogP contribution in [-0.2, 0) is 11.3 Å². The molecule has 0 aromatic carbocycles. The number of nitrogens with one attached hydrogen (secondary N) is 2. The second kappa shape index (κ2) is 5.42. The summed E-state index contributed by atoms with van der Waals surface area (Å²) in [5.41, 5.74) is 5.08. The molecular formula is C14H17N5O3. The lowest BCUT2D eigenvalue weighted by molar-refractivity contribution is -0.133. The first-order valence-corrected chi connectivity index (χ1v) is 7.17. The molecule has 1 atom stereocenters. The van der Waals surface area contributed by atoms with E-state index in [0.717, 1.165) is 19.4 Å². The van der Waals surface area contributed by atoms with Crippen molar-refractivity contribution < 1.29 is 14.1 Å². The summed E-state index contributed by atoms with van der Waals surface area (Å²) in [6.07, 6.45) is 1.46. The molecule has 116 valence electrons. The third kappa shape index (κ3) is 2.44. The van der Waals surface area contributed by atoms with Gasteiger partial charge in [-0.2, -0.15) is 5.26 Å². The molecule has 1 aromatic rings. The Bertz CT molecular complexity index is 641. The lowest BCUT2D eigenvalue weighted by atomic mass is 9.57. The number of hydrogen-bond acceptors (Lipinski definition) is 6. The van der Waals surface area contributed by atoms with E-state index in [1.807, 2.05) is 0 Å². The van der Waals surface area contributed by atoms with Gasteiger partial charge in [0.25, 0.3) is 5.91 Å². The fourth-order valence-electron chi connectivity index (χ4n) is 3.35. The van der Waals surface area contributed by atoms with Gasteiger partial charge in [0.1, 0.15) is 0 Å². The van der Waals surface area contributed by atoms with E-state index in [2.05, 4.69) is 21.9 Å². The van der Waals surface area contributed by atoms with Crippen molar-refractivity contribution in [3.05, 3.63) is 17.5 Å². The first-order chi connectivity index (χ1) is 10.5. The van der Waals surface area contributed by atoms with Crippen LogP contribution in [-0.4, -0.2) is 30.1 Å². The van der Waals surface area contributed by atoms with Gasteiger partial charge in [0.15, 0.2) is 11.5 Å². The van der Waals surface area contributed by atoms with Gasteiger partial charge in [0, 0.05) is 30.5 Å². The number of carbonyl (C=O) groups excluding carboxylic acids is 2. The summed E-state index contributed by atoms with van der Waals surface area (Å²) in [5, 5.41) is 18.6. The number of nitrogens with two attached hydrogens (primary N) is 1. The van der Waals surface area contributed by atoms with Crippen LogP contribution in [0.3, 0.4) is 0 Å². The van der Waals surface area contributed by atoms with Gasteiger partial charge >= 0.3 is 0 Å². The zero-order chi connectivity index (χ0) is 15.7. The Morgan fingerprint density at radius 2 is 2.36 bits per heavy atom. The smallest absolute Gasteiger partial charge is 0.270 e. The zero-order valence-electron chi connectivity index (χ0n) is 12.0. The average Bonchev–Trinajstić information content (AvgIpc) is 3.09. The molecule has 1 aromatic heterocycles. The molecule has 22 heavy (non-hydrogen) atoms. The summed E-state index contributed by atoms with van der Waals surface area (Å²) < 4.78 is 4.92. The quantitative estimate of drug-likeness (QED) is 0.688. The molecule has 8 heteroatoms. The zero-order valence-corrected chi connectivity index (χ0v) is 12.0. The summed E-state index contributed by atoms with van der Waals surface area (Å²) in [7, 11) is 0. The summed E-state index contributed by atoms with van der Waals surface area (Å²) in [4.78, 5) is 23.0. The maximum atomic E-state index is 12.1. The number of nitriles is 1. The molecule has 4 N–H and O–H groups in total. The minimum absolute atomic E-state index is 0.0102. The van der Waals surface area contributed by atoms with Crippen molar-refractivity contribution in [2.24, 2.45) is 23.0 Å². The third-order valence-corrected chi connectivity index (χ3v) is 4.65. The fourth-order valence-corrected chi connectivity index (χ4v) is 3.35. The lowest BCUT2D eigenvalue weighted by Gasteiger charge is -2.45. The van der Waals surface area contributed by atoms with Gasteiger partial charge in [-0.3, -0.25) is 9.59 Å². The van der Waals surface area contributed by atoms with E-state index in [0.29, 0.717) is 12.3 Å². The second-order valence-corrected chi connectivity index (χ2v) is 6.04.